The molecular weight excluding hydrogens is 368 g/mol. The van der Waals surface area contributed by atoms with Crippen LogP contribution in [0.15, 0.2) is 35.4 Å². The van der Waals surface area contributed by atoms with Gasteiger partial charge in [-0.2, -0.15) is 5.10 Å². The summed E-state index contributed by atoms with van der Waals surface area (Å²) in [5.41, 5.74) is 5.12. The van der Waals surface area contributed by atoms with Gasteiger partial charge in [-0.05, 0) is 55.7 Å². The Kier molecular flexibility index (Phi) is 7.49. The standard InChI is InChI=1S/C20H23ClN2O4/c1-5-26-20-16(21)9-15(10-18(20)25-4)11-22-23-19(24)12-27-17-8-13(2)6-7-14(17)3/h6-11H,5,12H2,1-4H3,(H,23,24)/b22-11-. The second-order valence-electron chi connectivity index (χ2n) is 5.82. The number of methoxy groups -OCH3 is 1. The average Bonchev–Trinajstić information content (AvgIpc) is 2.64. The molecule has 0 aromatic heterocycles. The highest BCUT2D eigenvalue weighted by Gasteiger charge is 2.11. The number of hydrazone groups is 1. The first-order valence-corrected chi connectivity index (χ1v) is 8.84. The molecule has 2 aromatic carbocycles. The molecule has 144 valence electrons. The number of carbonyl (C=O) groups excluding carboxylic acids is 1. The summed E-state index contributed by atoms with van der Waals surface area (Å²) < 4.78 is 16.3. The molecule has 0 aliphatic heterocycles. The van der Waals surface area contributed by atoms with E-state index in [0.29, 0.717) is 34.4 Å². The Morgan fingerprint density at radius 3 is 2.67 bits per heavy atom. The number of aryl methyl sites for hydroxylation is 2. The first-order chi connectivity index (χ1) is 12.9. The minimum Gasteiger partial charge on any atom is -0.493 e. The highest BCUT2D eigenvalue weighted by atomic mass is 35.5. The quantitative estimate of drug-likeness (QED) is 0.548. The maximum Gasteiger partial charge on any atom is 0.277 e. The van der Waals surface area contributed by atoms with Gasteiger partial charge in [0.25, 0.3) is 5.91 Å². The predicted octanol–water partition coefficient (Wildman–Crippen LogP) is 3.89. The van der Waals surface area contributed by atoms with E-state index in [4.69, 9.17) is 25.8 Å². The predicted molar refractivity (Wildman–Crippen MR) is 106 cm³/mol. The minimum atomic E-state index is -0.365. The zero-order valence-corrected chi connectivity index (χ0v) is 16.6. The smallest absolute Gasteiger partial charge is 0.277 e. The van der Waals surface area contributed by atoms with Crippen molar-refractivity contribution in [2.75, 3.05) is 20.3 Å². The van der Waals surface area contributed by atoms with Crippen molar-refractivity contribution in [3.8, 4) is 17.2 Å². The number of nitrogens with one attached hydrogen (secondary N) is 1. The van der Waals surface area contributed by atoms with Gasteiger partial charge >= 0.3 is 0 Å². The van der Waals surface area contributed by atoms with E-state index in [1.54, 1.807) is 12.1 Å². The topological polar surface area (TPSA) is 69.2 Å². The summed E-state index contributed by atoms with van der Waals surface area (Å²) >= 11 is 6.20. The number of halogens is 1. The molecule has 0 saturated heterocycles. The van der Waals surface area contributed by atoms with Crippen LogP contribution in [0.5, 0.6) is 17.2 Å². The summed E-state index contributed by atoms with van der Waals surface area (Å²) in [7, 11) is 1.53. The third kappa shape index (κ3) is 5.89. The lowest BCUT2D eigenvalue weighted by Gasteiger charge is -2.11. The Morgan fingerprint density at radius 2 is 1.96 bits per heavy atom. The molecule has 0 radical (unpaired) electrons. The van der Waals surface area contributed by atoms with Gasteiger partial charge in [-0.25, -0.2) is 5.43 Å². The fourth-order valence-corrected chi connectivity index (χ4v) is 2.59. The zero-order chi connectivity index (χ0) is 19.8. The Labute approximate surface area is 164 Å². The first kappa shape index (κ1) is 20.6. The molecule has 0 bridgehead atoms. The molecule has 1 amide bonds. The third-order valence-electron chi connectivity index (χ3n) is 3.65. The van der Waals surface area contributed by atoms with Gasteiger partial charge in [0.15, 0.2) is 18.1 Å². The molecule has 0 aliphatic carbocycles. The van der Waals surface area contributed by atoms with Crippen LogP contribution in [0.25, 0.3) is 0 Å². The highest BCUT2D eigenvalue weighted by Crippen LogP contribution is 2.35. The Morgan fingerprint density at radius 1 is 1.19 bits per heavy atom. The summed E-state index contributed by atoms with van der Waals surface area (Å²) in [6, 6.07) is 9.23. The van der Waals surface area contributed by atoms with Gasteiger partial charge in [0.1, 0.15) is 5.75 Å². The monoisotopic (exact) mass is 390 g/mol. The maximum absolute atomic E-state index is 11.9. The number of nitrogens with zero attached hydrogens (tertiary/aromatic N) is 1. The summed E-state index contributed by atoms with van der Waals surface area (Å²) in [6.45, 7) is 6.09. The summed E-state index contributed by atoms with van der Waals surface area (Å²) in [5.74, 6) is 1.29. The number of ether oxygens (including phenoxy) is 3. The largest absolute Gasteiger partial charge is 0.493 e. The van der Waals surface area contributed by atoms with Crippen LogP contribution < -0.4 is 19.6 Å². The van der Waals surface area contributed by atoms with Crippen molar-refractivity contribution >= 4 is 23.7 Å². The number of hydrogen-bond acceptors (Lipinski definition) is 5. The molecule has 0 saturated carbocycles. The van der Waals surface area contributed by atoms with Crippen molar-refractivity contribution in [2.45, 2.75) is 20.8 Å². The summed E-state index contributed by atoms with van der Waals surface area (Å²) in [4.78, 5) is 11.9. The van der Waals surface area contributed by atoms with Gasteiger partial charge in [-0.1, -0.05) is 23.7 Å². The fourth-order valence-electron chi connectivity index (χ4n) is 2.32. The van der Waals surface area contributed by atoms with Gasteiger partial charge in [0.2, 0.25) is 0 Å². The highest BCUT2D eigenvalue weighted by molar-refractivity contribution is 6.32. The van der Waals surface area contributed by atoms with E-state index in [-0.39, 0.29) is 12.5 Å². The van der Waals surface area contributed by atoms with Crippen molar-refractivity contribution in [3.63, 3.8) is 0 Å². The lowest BCUT2D eigenvalue weighted by Crippen LogP contribution is -2.24. The van der Waals surface area contributed by atoms with Crippen LogP contribution in [0.2, 0.25) is 5.02 Å². The van der Waals surface area contributed by atoms with E-state index >= 15 is 0 Å². The Hall–Kier alpha value is -2.73. The number of benzene rings is 2. The SMILES string of the molecule is CCOc1c(Cl)cc(/C=N\NC(=O)COc2cc(C)ccc2C)cc1OC. The van der Waals surface area contributed by atoms with E-state index in [9.17, 15) is 4.79 Å². The zero-order valence-electron chi connectivity index (χ0n) is 15.8. The molecular formula is C20H23ClN2O4. The fraction of sp³-hybridized carbons (Fsp3) is 0.300. The van der Waals surface area contributed by atoms with Crippen molar-refractivity contribution in [1.29, 1.82) is 0 Å². The second kappa shape index (κ2) is 9.83. The van der Waals surface area contributed by atoms with Gasteiger partial charge in [-0.3, -0.25) is 4.79 Å². The first-order valence-electron chi connectivity index (χ1n) is 8.46. The lowest BCUT2D eigenvalue weighted by molar-refractivity contribution is -0.123. The number of amides is 1. The molecule has 0 fully saturated rings. The van der Waals surface area contributed by atoms with E-state index in [2.05, 4.69) is 10.5 Å². The van der Waals surface area contributed by atoms with Crippen LogP contribution in [-0.4, -0.2) is 32.4 Å². The van der Waals surface area contributed by atoms with E-state index < -0.39 is 0 Å². The number of carbonyl (C=O) groups is 1. The van der Waals surface area contributed by atoms with E-state index in [1.807, 2.05) is 39.0 Å². The third-order valence-corrected chi connectivity index (χ3v) is 3.93. The molecule has 7 heteroatoms. The average molecular weight is 391 g/mol. The molecule has 27 heavy (non-hydrogen) atoms. The molecule has 0 heterocycles. The molecule has 2 aromatic rings. The Bertz CT molecular complexity index is 837. The van der Waals surface area contributed by atoms with Crippen LogP contribution in [0.4, 0.5) is 0 Å². The van der Waals surface area contributed by atoms with Gasteiger partial charge in [0, 0.05) is 0 Å². The van der Waals surface area contributed by atoms with Crippen molar-refractivity contribution < 1.29 is 19.0 Å². The lowest BCUT2D eigenvalue weighted by atomic mass is 10.1. The van der Waals surface area contributed by atoms with Crippen molar-refractivity contribution in [2.24, 2.45) is 5.10 Å². The molecule has 6 nitrogen and oxygen atoms in total. The van der Waals surface area contributed by atoms with E-state index in [0.717, 1.165) is 11.1 Å². The molecule has 0 unspecified atom stereocenters. The van der Waals surface area contributed by atoms with Crippen molar-refractivity contribution in [3.05, 3.63) is 52.0 Å². The number of rotatable bonds is 8. The van der Waals surface area contributed by atoms with Gasteiger partial charge in [0.05, 0.1) is 25.0 Å². The van der Waals surface area contributed by atoms with Crippen LogP contribution in [0, 0.1) is 13.8 Å². The van der Waals surface area contributed by atoms with Gasteiger partial charge in [-0.15, -0.1) is 0 Å². The summed E-state index contributed by atoms with van der Waals surface area (Å²) in [5, 5.41) is 4.33. The van der Waals surface area contributed by atoms with Crippen molar-refractivity contribution in [1.82, 2.24) is 5.43 Å². The minimum absolute atomic E-state index is 0.130. The van der Waals surface area contributed by atoms with Crippen LogP contribution in [-0.2, 0) is 4.79 Å². The van der Waals surface area contributed by atoms with Crippen LogP contribution in [0.3, 0.4) is 0 Å². The van der Waals surface area contributed by atoms with Crippen LogP contribution in [0.1, 0.15) is 23.6 Å². The van der Waals surface area contributed by atoms with E-state index in [1.165, 1.54) is 13.3 Å². The number of hydrogen-bond donors (Lipinski definition) is 1. The normalized spacial score (nSPS) is 10.7. The second-order valence-corrected chi connectivity index (χ2v) is 6.23. The summed E-state index contributed by atoms with van der Waals surface area (Å²) in [6.07, 6.45) is 1.47. The molecule has 1 N–H and O–H groups in total. The molecule has 2 rings (SSSR count). The molecule has 0 spiro atoms. The molecule has 0 aliphatic rings. The van der Waals surface area contributed by atoms with Gasteiger partial charge < -0.3 is 14.2 Å². The molecule has 0 atom stereocenters. The maximum atomic E-state index is 11.9. The Balaban J connectivity index is 1.95. The van der Waals surface area contributed by atoms with Crippen LogP contribution >= 0.6 is 11.6 Å².